The summed E-state index contributed by atoms with van der Waals surface area (Å²) >= 11 is 0. The second-order valence-electron chi connectivity index (χ2n) is 2.86. The van der Waals surface area contributed by atoms with Crippen LogP contribution in [-0.2, 0) is 0 Å². The van der Waals surface area contributed by atoms with Gasteiger partial charge in [-0.2, -0.15) is 0 Å². The molecule has 0 aromatic carbocycles. The van der Waals surface area contributed by atoms with Gasteiger partial charge in [-0.25, -0.2) is 0 Å². The summed E-state index contributed by atoms with van der Waals surface area (Å²) in [7, 11) is 0. The summed E-state index contributed by atoms with van der Waals surface area (Å²) < 4.78 is 0. The average molecular weight is 137 g/mol. The van der Waals surface area contributed by atoms with E-state index in [1.165, 1.54) is 17.6 Å². The first-order chi connectivity index (χ1) is 4.66. The summed E-state index contributed by atoms with van der Waals surface area (Å²) in [6, 6.07) is 0. The second kappa shape index (κ2) is 5.28. The normalized spacial score (nSPS) is 11.7. The largest absolute Gasteiger partial charge is 0.100 e. The van der Waals surface area contributed by atoms with Crippen molar-refractivity contribution in [2.75, 3.05) is 0 Å². The minimum Gasteiger partial charge on any atom is -0.100 e. The Kier molecular flexibility index (Phi) is 5.00. The van der Waals surface area contributed by atoms with Gasteiger partial charge in [0.05, 0.1) is 0 Å². The first-order valence-electron chi connectivity index (χ1n) is 3.76. The molecule has 0 bridgehead atoms. The van der Waals surface area contributed by atoms with Crippen molar-refractivity contribution in [3.05, 3.63) is 30.7 Å². The van der Waals surface area contributed by atoms with Crippen molar-refractivity contribution in [2.45, 2.75) is 33.1 Å². The first-order valence-corrected chi connectivity index (χ1v) is 3.76. The number of rotatable bonds is 4. The smallest absolute Gasteiger partial charge is 0.0313 e. The minimum atomic E-state index is 1.14. The molecule has 0 atom stereocenters. The van der Waals surface area contributed by atoms with Crippen LogP contribution in [0.4, 0.5) is 0 Å². The maximum atomic E-state index is 3.84. The van der Waals surface area contributed by atoms with E-state index in [2.05, 4.69) is 27.4 Å². The fraction of sp³-hybridized carbons (Fsp3) is 0.500. The molecule has 0 fully saturated rings. The summed E-state index contributed by atoms with van der Waals surface area (Å²) in [6.45, 7) is 11.7. The van der Waals surface area contributed by atoms with E-state index in [-0.39, 0.29) is 0 Å². The average Bonchev–Trinajstić information content (AvgIpc) is 1.87. The van der Waals surface area contributed by atoms with Crippen molar-refractivity contribution in [3.8, 4) is 0 Å². The molecule has 0 heteroatoms. The number of allylic oxidation sites excluding steroid dienone is 3. The maximum Gasteiger partial charge on any atom is -0.0313 e. The fourth-order valence-corrected chi connectivity index (χ4v) is 0.771. The molecule has 0 aliphatic carbocycles. The summed E-state index contributed by atoms with van der Waals surface area (Å²) in [6.07, 6.45) is 5.45. The van der Waals surface area contributed by atoms with Crippen LogP contribution in [0.5, 0.6) is 0 Å². The van der Waals surface area contributed by atoms with Crippen molar-refractivity contribution in [1.29, 1.82) is 0 Å². The van der Waals surface area contributed by atoms with E-state index < -0.39 is 0 Å². The van der Waals surface area contributed by atoms with Crippen LogP contribution >= 0.6 is 0 Å². The molecule has 0 aliphatic rings. The maximum absolute atomic E-state index is 3.84. The Morgan fingerprint density at radius 2 is 1.90 bits per heavy atom. The molecule has 0 nitrogen and oxygen atoms in total. The van der Waals surface area contributed by atoms with E-state index in [1.807, 2.05) is 6.08 Å². The number of hydrogen-bond acceptors (Lipinski definition) is 0. The molecule has 0 rings (SSSR count). The van der Waals surface area contributed by atoms with Gasteiger partial charge in [-0.05, 0) is 40.0 Å². The van der Waals surface area contributed by atoms with E-state index in [0.717, 1.165) is 12.8 Å². The van der Waals surface area contributed by atoms with Crippen LogP contribution in [-0.4, -0.2) is 0 Å². The van der Waals surface area contributed by atoms with Crippen molar-refractivity contribution in [2.24, 2.45) is 0 Å². The third-order valence-corrected chi connectivity index (χ3v) is 1.52. The minimum absolute atomic E-state index is 1.14. The topological polar surface area (TPSA) is 0 Å². The van der Waals surface area contributed by atoms with Gasteiger partial charge in [-0.3, -0.25) is 0 Å². The molecule has 0 spiro atoms. The quantitative estimate of drug-likeness (QED) is 0.520. The summed E-state index contributed by atoms with van der Waals surface area (Å²) in [5.41, 5.74) is 2.65. The van der Waals surface area contributed by atoms with Crippen LogP contribution in [0.2, 0.25) is 0 Å². The van der Waals surface area contributed by atoms with Gasteiger partial charge in [-0.15, -0.1) is 6.58 Å². The molecule has 10 heavy (non-hydrogen) atoms. The lowest BCUT2D eigenvalue weighted by Crippen LogP contribution is -1.79. The monoisotopic (exact) mass is 137 g/mol. The molecule has 0 aromatic heterocycles. The third-order valence-electron chi connectivity index (χ3n) is 1.52. The lowest BCUT2D eigenvalue weighted by atomic mass is 10.1. The lowest BCUT2D eigenvalue weighted by molar-refractivity contribution is 0.805. The highest BCUT2D eigenvalue weighted by Crippen LogP contribution is 2.09. The van der Waals surface area contributed by atoms with Gasteiger partial charge in [0, 0.05) is 0 Å². The van der Waals surface area contributed by atoms with E-state index in [1.54, 1.807) is 0 Å². The molecule has 0 saturated heterocycles. The molecular formula is C10H17. The molecule has 1 radical (unpaired) electrons. The second-order valence-corrected chi connectivity index (χ2v) is 2.86. The standard InChI is InChI=1S/C10H17/c1-5-10(4)8-6-7-9(2)3/h5H,1-2,6-8H2,3-4H3. The van der Waals surface area contributed by atoms with Crippen LogP contribution in [0.25, 0.3) is 0 Å². The zero-order chi connectivity index (χ0) is 7.98. The highest BCUT2D eigenvalue weighted by atomic mass is 14.0. The molecular weight excluding hydrogens is 120 g/mol. The molecule has 0 N–H and O–H groups in total. The summed E-state index contributed by atoms with van der Waals surface area (Å²) in [5.74, 6) is 0. The van der Waals surface area contributed by atoms with Crippen LogP contribution in [0.3, 0.4) is 0 Å². The van der Waals surface area contributed by atoms with E-state index in [9.17, 15) is 0 Å². The van der Waals surface area contributed by atoms with Crippen molar-refractivity contribution >= 4 is 0 Å². The van der Waals surface area contributed by atoms with Crippen LogP contribution < -0.4 is 0 Å². The van der Waals surface area contributed by atoms with Crippen LogP contribution in [0, 0.1) is 6.92 Å². The number of hydrogen-bond donors (Lipinski definition) is 0. The van der Waals surface area contributed by atoms with Crippen LogP contribution in [0.1, 0.15) is 33.1 Å². The third kappa shape index (κ3) is 5.61. The van der Waals surface area contributed by atoms with Gasteiger partial charge >= 0.3 is 0 Å². The molecule has 0 heterocycles. The predicted molar refractivity (Wildman–Crippen MR) is 47.8 cm³/mol. The molecule has 0 aromatic rings. The Morgan fingerprint density at radius 1 is 1.30 bits per heavy atom. The highest BCUT2D eigenvalue weighted by Gasteiger charge is 1.89. The molecule has 0 saturated carbocycles. The van der Waals surface area contributed by atoms with E-state index >= 15 is 0 Å². The van der Waals surface area contributed by atoms with Gasteiger partial charge in [0.1, 0.15) is 0 Å². The van der Waals surface area contributed by atoms with E-state index in [4.69, 9.17) is 0 Å². The molecule has 0 amide bonds. The van der Waals surface area contributed by atoms with Gasteiger partial charge in [0.15, 0.2) is 0 Å². The van der Waals surface area contributed by atoms with Gasteiger partial charge < -0.3 is 0 Å². The van der Waals surface area contributed by atoms with Crippen molar-refractivity contribution < 1.29 is 0 Å². The van der Waals surface area contributed by atoms with Crippen molar-refractivity contribution in [1.82, 2.24) is 0 Å². The Hall–Kier alpha value is -0.520. The zero-order valence-electron chi connectivity index (χ0n) is 7.11. The molecule has 0 unspecified atom stereocenters. The van der Waals surface area contributed by atoms with Gasteiger partial charge in [0.25, 0.3) is 0 Å². The predicted octanol–water partition coefficient (Wildman–Crippen LogP) is 3.51. The van der Waals surface area contributed by atoms with Crippen LogP contribution in [0.15, 0.2) is 23.8 Å². The molecule has 57 valence electrons. The Balaban J connectivity index is 3.29. The molecule has 0 aliphatic heterocycles. The summed E-state index contributed by atoms with van der Waals surface area (Å²) in [5, 5.41) is 0. The Bertz CT molecular complexity index is 129. The van der Waals surface area contributed by atoms with Gasteiger partial charge in [-0.1, -0.05) is 17.2 Å². The first kappa shape index (κ1) is 9.48. The Labute approximate surface area is 64.6 Å². The van der Waals surface area contributed by atoms with E-state index in [0.29, 0.717) is 0 Å². The highest BCUT2D eigenvalue weighted by molar-refractivity contribution is 5.00. The lowest BCUT2D eigenvalue weighted by Gasteiger charge is -1.99. The van der Waals surface area contributed by atoms with Crippen molar-refractivity contribution in [3.63, 3.8) is 0 Å². The fourth-order valence-electron chi connectivity index (χ4n) is 0.771. The SMILES string of the molecule is [CH2]C=C(C)CCCC(=C)C. The summed E-state index contributed by atoms with van der Waals surface area (Å²) in [4.78, 5) is 0. The zero-order valence-corrected chi connectivity index (χ0v) is 7.11. The van der Waals surface area contributed by atoms with Gasteiger partial charge in [0.2, 0.25) is 0 Å². The Morgan fingerprint density at radius 3 is 2.30 bits per heavy atom.